The zero-order valence-electron chi connectivity index (χ0n) is 12.0. The van der Waals surface area contributed by atoms with Gasteiger partial charge in [-0.15, -0.1) is 0 Å². The van der Waals surface area contributed by atoms with Crippen LogP contribution < -0.4 is 10.6 Å². The van der Waals surface area contributed by atoms with Gasteiger partial charge in [-0.2, -0.15) is 0 Å². The second-order valence-corrected chi connectivity index (χ2v) is 5.48. The Kier molecular flexibility index (Phi) is 4.97. The highest BCUT2D eigenvalue weighted by atomic mass is 16.1. The van der Waals surface area contributed by atoms with Gasteiger partial charge >= 0.3 is 0 Å². The molecule has 0 saturated carbocycles. The molecule has 104 valence electrons. The number of carbonyl (C=O) groups is 1. The summed E-state index contributed by atoms with van der Waals surface area (Å²) in [6.07, 6.45) is 5.43. The van der Waals surface area contributed by atoms with Crippen LogP contribution in [0, 0.1) is 0 Å². The molecule has 1 unspecified atom stereocenters. The molecule has 0 radical (unpaired) electrons. The van der Waals surface area contributed by atoms with Crippen molar-refractivity contribution in [3.05, 3.63) is 34.9 Å². The fraction of sp³-hybridized carbons (Fsp3) is 0.562. The lowest BCUT2D eigenvalue weighted by Gasteiger charge is -2.16. The van der Waals surface area contributed by atoms with Crippen molar-refractivity contribution in [2.24, 2.45) is 0 Å². The standard InChI is InChI=1S/C16H24N2O/c1-12(17-2)11-18-16(19)10-13-7-8-14-5-3-4-6-15(14)9-13/h7-9,12,17H,3-6,10-11H2,1-2H3,(H,18,19). The normalized spacial score (nSPS) is 15.7. The third-order valence-electron chi connectivity index (χ3n) is 3.88. The third kappa shape index (κ3) is 4.06. The van der Waals surface area contributed by atoms with E-state index in [0.717, 1.165) is 5.56 Å². The fourth-order valence-electron chi connectivity index (χ4n) is 2.51. The van der Waals surface area contributed by atoms with Crippen LogP contribution in [0.2, 0.25) is 0 Å². The van der Waals surface area contributed by atoms with Crippen molar-refractivity contribution in [2.45, 2.75) is 45.1 Å². The number of fused-ring (bicyclic) bond motifs is 1. The van der Waals surface area contributed by atoms with Crippen molar-refractivity contribution in [2.75, 3.05) is 13.6 Å². The highest BCUT2D eigenvalue weighted by molar-refractivity contribution is 5.78. The molecule has 1 atom stereocenters. The summed E-state index contributed by atoms with van der Waals surface area (Å²) < 4.78 is 0. The molecule has 1 amide bonds. The van der Waals surface area contributed by atoms with Gasteiger partial charge in [0.05, 0.1) is 6.42 Å². The molecule has 19 heavy (non-hydrogen) atoms. The van der Waals surface area contributed by atoms with Gasteiger partial charge in [-0.05, 0) is 56.3 Å². The van der Waals surface area contributed by atoms with E-state index in [1.165, 1.54) is 36.8 Å². The van der Waals surface area contributed by atoms with Gasteiger partial charge < -0.3 is 10.6 Å². The number of benzene rings is 1. The van der Waals surface area contributed by atoms with Gasteiger partial charge in [0.1, 0.15) is 0 Å². The van der Waals surface area contributed by atoms with Gasteiger partial charge in [-0.3, -0.25) is 4.79 Å². The average Bonchev–Trinajstić information content (AvgIpc) is 2.44. The number of rotatable bonds is 5. The molecule has 1 aromatic carbocycles. The number of aryl methyl sites for hydroxylation is 2. The SMILES string of the molecule is CNC(C)CNC(=O)Cc1ccc2c(c1)CCCC2. The summed E-state index contributed by atoms with van der Waals surface area (Å²) in [5, 5.41) is 6.07. The molecule has 2 N–H and O–H groups in total. The minimum absolute atomic E-state index is 0.109. The first kappa shape index (κ1) is 14.1. The summed E-state index contributed by atoms with van der Waals surface area (Å²) in [7, 11) is 1.90. The van der Waals surface area contributed by atoms with Crippen LogP contribution in [-0.4, -0.2) is 25.5 Å². The summed E-state index contributed by atoms with van der Waals surface area (Å²) in [6, 6.07) is 6.83. The summed E-state index contributed by atoms with van der Waals surface area (Å²) in [5.41, 5.74) is 4.05. The van der Waals surface area contributed by atoms with Crippen LogP contribution in [0.4, 0.5) is 0 Å². The smallest absolute Gasteiger partial charge is 0.224 e. The lowest BCUT2D eigenvalue weighted by atomic mass is 9.90. The second kappa shape index (κ2) is 6.71. The maximum Gasteiger partial charge on any atom is 0.224 e. The summed E-state index contributed by atoms with van der Waals surface area (Å²) in [5.74, 6) is 0.109. The molecular formula is C16H24N2O. The molecule has 3 nitrogen and oxygen atoms in total. The molecule has 0 aliphatic heterocycles. The summed E-state index contributed by atoms with van der Waals surface area (Å²) in [6.45, 7) is 2.74. The predicted molar refractivity (Wildman–Crippen MR) is 78.3 cm³/mol. The van der Waals surface area contributed by atoms with Crippen LogP contribution in [0.3, 0.4) is 0 Å². The molecule has 0 saturated heterocycles. The molecule has 1 aromatic rings. The molecule has 0 heterocycles. The molecular weight excluding hydrogens is 236 g/mol. The molecule has 1 aliphatic rings. The Morgan fingerprint density at radius 1 is 1.26 bits per heavy atom. The first-order chi connectivity index (χ1) is 9.19. The third-order valence-corrected chi connectivity index (χ3v) is 3.88. The van der Waals surface area contributed by atoms with Crippen LogP contribution in [0.5, 0.6) is 0 Å². The van der Waals surface area contributed by atoms with E-state index in [4.69, 9.17) is 0 Å². The molecule has 2 rings (SSSR count). The maximum absolute atomic E-state index is 11.9. The van der Waals surface area contributed by atoms with Crippen molar-refractivity contribution in [3.8, 4) is 0 Å². The van der Waals surface area contributed by atoms with Gasteiger partial charge in [0, 0.05) is 12.6 Å². The first-order valence-electron chi connectivity index (χ1n) is 7.23. The van der Waals surface area contributed by atoms with E-state index >= 15 is 0 Å². The number of amides is 1. The van der Waals surface area contributed by atoms with E-state index in [9.17, 15) is 4.79 Å². The Hall–Kier alpha value is -1.35. The Morgan fingerprint density at radius 3 is 2.74 bits per heavy atom. The van der Waals surface area contributed by atoms with Crippen LogP contribution >= 0.6 is 0 Å². The van der Waals surface area contributed by atoms with Crippen molar-refractivity contribution in [3.63, 3.8) is 0 Å². The van der Waals surface area contributed by atoms with Crippen LogP contribution in [-0.2, 0) is 24.1 Å². The Labute approximate surface area is 115 Å². The summed E-state index contributed by atoms with van der Waals surface area (Å²) >= 11 is 0. The van der Waals surface area contributed by atoms with Crippen molar-refractivity contribution in [1.29, 1.82) is 0 Å². The fourth-order valence-corrected chi connectivity index (χ4v) is 2.51. The molecule has 0 fully saturated rings. The van der Waals surface area contributed by atoms with Crippen LogP contribution in [0.25, 0.3) is 0 Å². The predicted octanol–water partition coefficient (Wildman–Crippen LogP) is 1.83. The number of nitrogens with one attached hydrogen (secondary N) is 2. The number of likely N-dealkylation sites (N-methyl/N-ethyl adjacent to an activating group) is 1. The van der Waals surface area contributed by atoms with Gasteiger partial charge in [0.15, 0.2) is 0 Å². The molecule has 3 heteroatoms. The highest BCUT2D eigenvalue weighted by Gasteiger charge is 2.11. The monoisotopic (exact) mass is 260 g/mol. The van der Waals surface area contributed by atoms with Crippen molar-refractivity contribution < 1.29 is 4.79 Å². The Balaban J connectivity index is 1.90. The van der Waals surface area contributed by atoms with E-state index in [-0.39, 0.29) is 5.91 Å². The molecule has 0 aromatic heterocycles. The van der Waals surface area contributed by atoms with Crippen LogP contribution in [0.1, 0.15) is 36.5 Å². The first-order valence-corrected chi connectivity index (χ1v) is 7.23. The molecule has 0 spiro atoms. The van der Waals surface area contributed by atoms with Crippen molar-refractivity contribution >= 4 is 5.91 Å². The number of hydrogen-bond donors (Lipinski definition) is 2. The van der Waals surface area contributed by atoms with Crippen LogP contribution in [0.15, 0.2) is 18.2 Å². The van der Waals surface area contributed by atoms with Crippen molar-refractivity contribution in [1.82, 2.24) is 10.6 Å². The zero-order chi connectivity index (χ0) is 13.7. The molecule has 1 aliphatic carbocycles. The minimum atomic E-state index is 0.109. The lowest BCUT2D eigenvalue weighted by molar-refractivity contribution is -0.120. The Bertz CT molecular complexity index is 442. The quantitative estimate of drug-likeness (QED) is 0.848. The average molecular weight is 260 g/mol. The topological polar surface area (TPSA) is 41.1 Å². The van der Waals surface area contributed by atoms with E-state index in [1.54, 1.807) is 0 Å². The number of hydrogen-bond acceptors (Lipinski definition) is 2. The van der Waals surface area contributed by atoms with E-state index in [0.29, 0.717) is 19.0 Å². The van der Waals surface area contributed by atoms with Gasteiger partial charge in [-0.25, -0.2) is 0 Å². The summed E-state index contributed by atoms with van der Waals surface area (Å²) in [4.78, 5) is 11.9. The van der Waals surface area contributed by atoms with E-state index in [2.05, 4.69) is 35.8 Å². The van der Waals surface area contributed by atoms with E-state index in [1.807, 2.05) is 7.05 Å². The Morgan fingerprint density at radius 2 is 2.00 bits per heavy atom. The minimum Gasteiger partial charge on any atom is -0.354 e. The van der Waals surface area contributed by atoms with Gasteiger partial charge in [-0.1, -0.05) is 18.2 Å². The van der Waals surface area contributed by atoms with E-state index < -0.39 is 0 Å². The maximum atomic E-state index is 11.9. The lowest BCUT2D eigenvalue weighted by Crippen LogP contribution is -2.37. The highest BCUT2D eigenvalue weighted by Crippen LogP contribution is 2.22. The zero-order valence-corrected chi connectivity index (χ0v) is 12.0. The number of carbonyl (C=O) groups excluding carboxylic acids is 1. The largest absolute Gasteiger partial charge is 0.354 e. The second-order valence-electron chi connectivity index (χ2n) is 5.48. The van der Waals surface area contributed by atoms with Gasteiger partial charge in [0.25, 0.3) is 0 Å². The van der Waals surface area contributed by atoms with Gasteiger partial charge in [0.2, 0.25) is 5.91 Å². The molecule has 0 bridgehead atoms.